The van der Waals surface area contributed by atoms with Crippen LogP contribution in [0.2, 0.25) is 0 Å². The number of nitrogens with zero attached hydrogens (tertiary/aromatic N) is 1. The van der Waals surface area contributed by atoms with E-state index in [9.17, 15) is 0 Å². The number of hydrogen-bond donors (Lipinski definition) is 0. The highest BCUT2D eigenvalue weighted by molar-refractivity contribution is 7.25. The summed E-state index contributed by atoms with van der Waals surface area (Å²) in [4.78, 5) is 2.43. The van der Waals surface area contributed by atoms with E-state index in [-0.39, 0.29) is 0 Å². The van der Waals surface area contributed by atoms with Crippen LogP contribution < -0.4 is 4.90 Å². The molecule has 10 rings (SSSR count). The summed E-state index contributed by atoms with van der Waals surface area (Å²) in [5.41, 5.74) is 12.8. The standard InChI is InChI=1S/C52H35NS/c1-3-12-36(13-4-1)38-24-28-45(29-25-38)53(46-19-11-18-41(33-46)43-27-31-52-49(34-43)48-20-9-10-21-51(48)54-52)50-35-44(26-30-47(50)39-15-5-2-6-16-39)42-23-22-37-14-7-8-17-40(37)32-42/h1-35H. The first-order valence-electron chi connectivity index (χ1n) is 18.4. The molecule has 10 aromatic rings. The Morgan fingerprint density at radius 1 is 0.296 bits per heavy atom. The Labute approximate surface area is 319 Å². The van der Waals surface area contributed by atoms with Crippen molar-refractivity contribution in [1.82, 2.24) is 0 Å². The SMILES string of the molecule is c1ccc(-c2ccc(N(c3cccc(-c4ccc5sc6ccccc6c5c4)c3)c3cc(-c4ccc5ccccc5c4)ccc3-c3ccccc3)cc2)cc1. The van der Waals surface area contributed by atoms with E-state index >= 15 is 0 Å². The maximum absolute atomic E-state index is 2.43. The Bertz CT molecular complexity index is 2920. The van der Waals surface area contributed by atoms with Crippen molar-refractivity contribution in [1.29, 1.82) is 0 Å². The van der Waals surface area contributed by atoms with E-state index in [0.717, 1.165) is 17.1 Å². The highest BCUT2D eigenvalue weighted by atomic mass is 32.1. The van der Waals surface area contributed by atoms with Crippen molar-refractivity contribution in [2.24, 2.45) is 0 Å². The van der Waals surface area contributed by atoms with Gasteiger partial charge in [0.2, 0.25) is 0 Å². The van der Waals surface area contributed by atoms with Crippen LogP contribution in [0.15, 0.2) is 212 Å². The molecule has 0 saturated heterocycles. The Morgan fingerprint density at radius 2 is 0.870 bits per heavy atom. The van der Waals surface area contributed by atoms with Gasteiger partial charge in [-0.1, -0.05) is 158 Å². The zero-order chi connectivity index (χ0) is 35.8. The molecule has 0 aliphatic carbocycles. The topological polar surface area (TPSA) is 3.24 Å². The summed E-state index contributed by atoms with van der Waals surface area (Å²) in [5, 5.41) is 5.10. The van der Waals surface area contributed by atoms with E-state index < -0.39 is 0 Å². The molecule has 0 aliphatic rings. The molecule has 0 spiro atoms. The van der Waals surface area contributed by atoms with E-state index in [4.69, 9.17) is 0 Å². The van der Waals surface area contributed by atoms with E-state index in [0.29, 0.717) is 0 Å². The molecule has 0 radical (unpaired) electrons. The molecule has 0 N–H and O–H groups in total. The number of benzene rings is 9. The van der Waals surface area contributed by atoms with Gasteiger partial charge in [-0.2, -0.15) is 0 Å². The van der Waals surface area contributed by atoms with Crippen molar-refractivity contribution < 1.29 is 0 Å². The molecule has 54 heavy (non-hydrogen) atoms. The second-order valence-corrected chi connectivity index (χ2v) is 14.9. The molecule has 1 heterocycles. The lowest BCUT2D eigenvalue weighted by molar-refractivity contribution is 1.28. The maximum Gasteiger partial charge on any atom is 0.0546 e. The third-order valence-corrected chi connectivity index (χ3v) is 11.6. The van der Waals surface area contributed by atoms with Crippen LogP contribution in [0.4, 0.5) is 17.1 Å². The Morgan fingerprint density at radius 3 is 1.70 bits per heavy atom. The monoisotopic (exact) mass is 705 g/mol. The van der Waals surface area contributed by atoms with Crippen LogP contribution in [0.25, 0.3) is 75.5 Å². The summed E-state index contributed by atoms with van der Waals surface area (Å²) in [6.07, 6.45) is 0. The van der Waals surface area contributed by atoms with Crippen molar-refractivity contribution in [2.75, 3.05) is 4.90 Å². The predicted octanol–water partition coefficient (Wildman–Crippen LogP) is 15.3. The summed E-state index contributed by atoms with van der Waals surface area (Å²) in [5.74, 6) is 0. The fourth-order valence-electron chi connectivity index (χ4n) is 7.72. The first-order chi connectivity index (χ1) is 26.7. The predicted molar refractivity (Wildman–Crippen MR) is 233 cm³/mol. The van der Waals surface area contributed by atoms with Crippen LogP contribution in [0.5, 0.6) is 0 Å². The highest BCUT2D eigenvalue weighted by Crippen LogP contribution is 2.45. The first kappa shape index (κ1) is 32.0. The lowest BCUT2D eigenvalue weighted by atomic mass is 9.95. The second-order valence-electron chi connectivity index (χ2n) is 13.8. The highest BCUT2D eigenvalue weighted by Gasteiger charge is 2.20. The van der Waals surface area contributed by atoms with Crippen LogP contribution in [0.3, 0.4) is 0 Å². The van der Waals surface area contributed by atoms with Crippen molar-refractivity contribution in [2.45, 2.75) is 0 Å². The molecule has 0 bridgehead atoms. The van der Waals surface area contributed by atoms with Crippen LogP contribution in [0, 0.1) is 0 Å². The lowest BCUT2D eigenvalue weighted by Gasteiger charge is -2.29. The third kappa shape index (κ3) is 5.93. The van der Waals surface area contributed by atoms with Gasteiger partial charge in [0.1, 0.15) is 0 Å². The van der Waals surface area contributed by atoms with Gasteiger partial charge >= 0.3 is 0 Å². The number of hydrogen-bond acceptors (Lipinski definition) is 2. The summed E-state index contributed by atoms with van der Waals surface area (Å²) >= 11 is 1.86. The zero-order valence-electron chi connectivity index (χ0n) is 29.6. The third-order valence-electron chi connectivity index (χ3n) is 10.5. The van der Waals surface area contributed by atoms with Gasteiger partial charge in [0.25, 0.3) is 0 Å². The zero-order valence-corrected chi connectivity index (χ0v) is 30.4. The molecule has 2 heteroatoms. The van der Waals surface area contributed by atoms with E-state index in [2.05, 4.69) is 217 Å². The summed E-state index contributed by atoms with van der Waals surface area (Å²) in [6.45, 7) is 0. The van der Waals surface area contributed by atoms with Crippen molar-refractivity contribution in [3.8, 4) is 44.5 Å². The van der Waals surface area contributed by atoms with Gasteiger partial charge in [-0.25, -0.2) is 0 Å². The molecule has 0 atom stereocenters. The van der Waals surface area contributed by atoms with E-state index in [1.54, 1.807) is 0 Å². The maximum atomic E-state index is 2.43. The van der Waals surface area contributed by atoms with Gasteiger partial charge in [0.05, 0.1) is 5.69 Å². The summed E-state index contributed by atoms with van der Waals surface area (Å²) in [6, 6.07) is 77.3. The molecule has 0 saturated carbocycles. The average Bonchev–Trinajstić information content (AvgIpc) is 3.63. The lowest BCUT2D eigenvalue weighted by Crippen LogP contribution is -2.11. The fraction of sp³-hybridized carbons (Fsp3) is 0. The molecule has 1 aromatic heterocycles. The molecule has 254 valence electrons. The fourth-order valence-corrected chi connectivity index (χ4v) is 8.80. The Kier molecular flexibility index (Phi) is 8.09. The molecule has 9 aromatic carbocycles. The second kappa shape index (κ2) is 13.7. The van der Waals surface area contributed by atoms with Crippen LogP contribution in [0.1, 0.15) is 0 Å². The minimum atomic E-state index is 1.10. The summed E-state index contributed by atoms with van der Waals surface area (Å²) in [7, 11) is 0. The van der Waals surface area contributed by atoms with Crippen molar-refractivity contribution >= 4 is 59.3 Å². The Balaban J connectivity index is 1.17. The van der Waals surface area contributed by atoms with E-state index in [1.807, 2.05) is 11.3 Å². The van der Waals surface area contributed by atoms with Crippen LogP contribution >= 0.6 is 11.3 Å². The molecule has 0 unspecified atom stereocenters. The van der Waals surface area contributed by atoms with Crippen LogP contribution in [-0.2, 0) is 0 Å². The quantitative estimate of drug-likeness (QED) is 0.160. The molecular formula is C52H35NS. The van der Waals surface area contributed by atoms with Crippen molar-refractivity contribution in [3.63, 3.8) is 0 Å². The number of fused-ring (bicyclic) bond motifs is 4. The summed E-state index contributed by atoms with van der Waals surface area (Å²) < 4.78 is 2.64. The Hall–Kier alpha value is -6.74. The van der Waals surface area contributed by atoms with Gasteiger partial charge < -0.3 is 4.90 Å². The number of thiophene rings is 1. The first-order valence-corrected chi connectivity index (χ1v) is 19.2. The molecule has 1 nitrogen and oxygen atoms in total. The van der Waals surface area contributed by atoms with Gasteiger partial charge in [0, 0.05) is 37.1 Å². The molecule has 0 amide bonds. The van der Waals surface area contributed by atoms with Gasteiger partial charge in [-0.15, -0.1) is 11.3 Å². The largest absolute Gasteiger partial charge is 0.310 e. The average molecular weight is 706 g/mol. The van der Waals surface area contributed by atoms with Crippen molar-refractivity contribution in [3.05, 3.63) is 212 Å². The van der Waals surface area contributed by atoms with Gasteiger partial charge in [-0.3, -0.25) is 0 Å². The molecular weight excluding hydrogens is 671 g/mol. The number of anilines is 3. The van der Waals surface area contributed by atoms with Crippen LogP contribution in [-0.4, -0.2) is 0 Å². The molecule has 0 fully saturated rings. The van der Waals surface area contributed by atoms with E-state index in [1.165, 1.54) is 75.5 Å². The minimum Gasteiger partial charge on any atom is -0.310 e. The van der Waals surface area contributed by atoms with Gasteiger partial charge in [-0.05, 0) is 104 Å². The minimum absolute atomic E-state index is 1.10. The normalized spacial score (nSPS) is 11.3. The smallest absolute Gasteiger partial charge is 0.0546 e. The van der Waals surface area contributed by atoms with Gasteiger partial charge in [0.15, 0.2) is 0 Å². The molecule has 0 aliphatic heterocycles. The number of rotatable bonds is 7.